The van der Waals surface area contributed by atoms with Crippen LogP contribution in [0.25, 0.3) is 0 Å². The van der Waals surface area contributed by atoms with Crippen molar-refractivity contribution in [3.63, 3.8) is 0 Å². The fourth-order valence-corrected chi connectivity index (χ4v) is 1.63. The molecular formula is C14H19NO3. The van der Waals surface area contributed by atoms with Crippen molar-refractivity contribution < 1.29 is 14.3 Å². The van der Waals surface area contributed by atoms with E-state index in [0.29, 0.717) is 25.3 Å². The zero-order valence-corrected chi connectivity index (χ0v) is 10.9. The molecular weight excluding hydrogens is 230 g/mol. The van der Waals surface area contributed by atoms with Gasteiger partial charge in [0, 0.05) is 19.5 Å². The molecule has 1 rings (SSSR count). The second-order valence-electron chi connectivity index (χ2n) is 3.87. The van der Waals surface area contributed by atoms with Crippen LogP contribution < -0.4 is 4.74 Å². The Labute approximate surface area is 108 Å². The molecule has 0 aliphatic carbocycles. The monoisotopic (exact) mass is 249 g/mol. The van der Waals surface area contributed by atoms with Crippen molar-refractivity contribution in [2.24, 2.45) is 0 Å². The lowest BCUT2D eigenvalue weighted by Crippen LogP contribution is -2.34. The smallest absolute Gasteiger partial charge is 0.260 e. The summed E-state index contributed by atoms with van der Waals surface area (Å²) in [6.45, 7) is 5.31. The van der Waals surface area contributed by atoms with Crippen molar-refractivity contribution in [2.75, 3.05) is 19.7 Å². The standard InChI is InChI=1S/C14H19NO3/c1-3-15(4-2)14(17)11-18-13-7-5-12(6-8-13)9-10-16/h5-8,10H,3-4,9,11H2,1-2H3. The maximum absolute atomic E-state index is 11.7. The number of carbonyl (C=O) groups is 2. The molecule has 0 saturated carbocycles. The molecule has 0 fully saturated rings. The average Bonchev–Trinajstić information content (AvgIpc) is 2.40. The molecule has 4 nitrogen and oxygen atoms in total. The number of ether oxygens (including phenoxy) is 1. The Hall–Kier alpha value is -1.84. The van der Waals surface area contributed by atoms with Crippen molar-refractivity contribution in [3.05, 3.63) is 29.8 Å². The molecule has 18 heavy (non-hydrogen) atoms. The van der Waals surface area contributed by atoms with Gasteiger partial charge in [-0.2, -0.15) is 0 Å². The number of benzene rings is 1. The lowest BCUT2D eigenvalue weighted by atomic mass is 10.2. The van der Waals surface area contributed by atoms with Crippen molar-refractivity contribution in [3.8, 4) is 5.75 Å². The van der Waals surface area contributed by atoms with Gasteiger partial charge in [-0.3, -0.25) is 4.79 Å². The van der Waals surface area contributed by atoms with Gasteiger partial charge >= 0.3 is 0 Å². The summed E-state index contributed by atoms with van der Waals surface area (Å²) in [5, 5.41) is 0. The summed E-state index contributed by atoms with van der Waals surface area (Å²) in [6, 6.07) is 7.19. The van der Waals surface area contributed by atoms with Crippen molar-refractivity contribution in [1.29, 1.82) is 0 Å². The van der Waals surface area contributed by atoms with Gasteiger partial charge in [-0.25, -0.2) is 0 Å². The molecule has 1 aromatic carbocycles. The third-order valence-electron chi connectivity index (χ3n) is 2.72. The third kappa shape index (κ3) is 4.20. The summed E-state index contributed by atoms with van der Waals surface area (Å²) in [5.74, 6) is 0.627. The predicted octanol–water partition coefficient (Wildman–Crippen LogP) is 1.68. The summed E-state index contributed by atoms with van der Waals surface area (Å²) >= 11 is 0. The molecule has 0 spiro atoms. The van der Waals surface area contributed by atoms with E-state index in [1.54, 1.807) is 17.0 Å². The number of carbonyl (C=O) groups excluding carboxylic acids is 2. The first-order valence-corrected chi connectivity index (χ1v) is 6.14. The topological polar surface area (TPSA) is 46.6 Å². The molecule has 0 atom stereocenters. The molecule has 0 aromatic heterocycles. The zero-order chi connectivity index (χ0) is 13.4. The van der Waals surface area contributed by atoms with E-state index in [-0.39, 0.29) is 12.5 Å². The van der Waals surface area contributed by atoms with E-state index in [9.17, 15) is 9.59 Å². The molecule has 0 heterocycles. The van der Waals surface area contributed by atoms with Crippen molar-refractivity contribution in [1.82, 2.24) is 4.90 Å². The maximum Gasteiger partial charge on any atom is 0.260 e. The van der Waals surface area contributed by atoms with E-state index in [1.807, 2.05) is 26.0 Å². The Morgan fingerprint density at radius 2 is 1.83 bits per heavy atom. The van der Waals surface area contributed by atoms with Gasteiger partial charge in [-0.1, -0.05) is 12.1 Å². The number of nitrogens with zero attached hydrogens (tertiary/aromatic N) is 1. The summed E-state index contributed by atoms with van der Waals surface area (Å²) in [5.41, 5.74) is 0.937. The fourth-order valence-electron chi connectivity index (χ4n) is 1.63. The summed E-state index contributed by atoms with van der Waals surface area (Å²) < 4.78 is 5.41. The predicted molar refractivity (Wildman–Crippen MR) is 69.6 cm³/mol. The molecule has 1 aromatic rings. The summed E-state index contributed by atoms with van der Waals surface area (Å²) in [6.07, 6.45) is 1.26. The van der Waals surface area contributed by atoms with Crippen LogP contribution in [0.3, 0.4) is 0 Å². The number of likely N-dealkylation sites (N-methyl/N-ethyl adjacent to an activating group) is 1. The second kappa shape index (κ2) is 7.48. The summed E-state index contributed by atoms with van der Waals surface area (Å²) in [4.78, 5) is 23.8. The van der Waals surface area contributed by atoms with E-state index in [4.69, 9.17) is 4.74 Å². The van der Waals surface area contributed by atoms with Crippen LogP contribution in [0.1, 0.15) is 19.4 Å². The lowest BCUT2D eigenvalue weighted by Gasteiger charge is -2.18. The molecule has 0 aliphatic rings. The van der Waals surface area contributed by atoms with Gasteiger partial charge in [0.1, 0.15) is 12.0 Å². The van der Waals surface area contributed by atoms with Crippen LogP contribution in [0.4, 0.5) is 0 Å². The Morgan fingerprint density at radius 1 is 1.22 bits per heavy atom. The first kappa shape index (κ1) is 14.2. The number of aldehydes is 1. The van der Waals surface area contributed by atoms with Gasteiger partial charge < -0.3 is 14.4 Å². The molecule has 0 saturated heterocycles. The minimum atomic E-state index is -0.0167. The Kier molecular flexibility index (Phi) is 5.91. The number of rotatable bonds is 7. The van der Waals surface area contributed by atoms with E-state index >= 15 is 0 Å². The Balaban J connectivity index is 2.48. The van der Waals surface area contributed by atoms with Crippen LogP contribution >= 0.6 is 0 Å². The SMILES string of the molecule is CCN(CC)C(=O)COc1ccc(CC=O)cc1. The molecule has 0 N–H and O–H groups in total. The highest BCUT2D eigenvalue weighted by Crippen LogP contribution is 2.12. The van der Waals surface area contributed by atoms with Gasteiger partial charge in [-0.15, -0.1) is 0 Å². The van der Waals surface area contributed by atoms with Crippen LogP contribution in [0.2, 0.25) is 0 Å². The van der Waals surface area contributed by atoms with E-state index in [1.165, 1.54) is 0 Å². The first-order valence-electron chi connectivity index (χ1n) is 6.14. The highest BCUT2D eigenvalue weighted by molar-refractivity contribution is 5.77. The molecule has 0 radical (unpaired) electrons. The van der Waals surface area contributed by atoms with Crippen LogP contribution in [-0.2, 0) is 16.0 Å². The normalized spacial score (nSPS) is 9.89. The van der Waals surface area contributed by atoms with E-state index in [0.717, 1.165) is 11.8 Å². The second-order valence-corrected chi connectivity index (χ2v) is 3.87. The van der Waals surface area contributed by atoms with Gasteiger partial charge in [-0.05, 0) is 31.5 Å². The van der Waals surface area contributed by atoms with Gasteiger partial charge in [0.25, 0.3) is 5.91 Å². The molecule has 0 unspecified atom stereocenters. The summed E-state index contributed by atoms with van der Waals surface area (Å²) in [7, 11) is 0. The zero-order valence-electron chi connectivity index (χ0n) is 10.9. The lowest BCUT2D eigenvalue weighted by molar-refractivity contribution is -0.132. The van der Waals surface area contributed by atoms with Crippen LogP contribution in [-0.4, -0.2) is 36.8 Å². The van der Waals surface area contributed by atoms with E-state index < -0.39 is 0 Å². The Bertz CT molecular complexity index is 383. The quantitative estimate of drug-likeness (QED) is 0.691. The molecule has 0 aliphatic heterocycles. The third-order valence-corrected chi connectivity index (χ3v) is 2.72. The van der Waals surface area contributed by atoms with Crippen LogP contribution in [0, 0.1) is 0 Å². The van der Waals surface area contributed by atoms with Crippen LogP contribution in [0.15, 0.2) is 24.3 Å². The highest BCUT2D eigenvalue weighted by Gasteiger charge is 2.09. The molecule has 0 bridgehead atoms. The fraction of sp³-hybridized carbons (Fsp3) is 0.429. The van der Waals surface area contributed by atoms with Gasteiger partial charge in [0.15, 0.2) is 6.61 Å². The van der Waals surface area contributed by atoms with Crippen LogP contribution in [0.5, 0.6) is 5.75 Å². The van der Waals surface area contributed by atoms with E-state index in [2.05, 4.69) is 0 Å². The first-order chi connectivity index (χ1) is 8.71. The molecule has 98 valence electrons. The number of amides is 1. The largest absolute Gasteiger partial charge is 0.484 e. The minimum Gasteiger partial charge on any atom is -0.484 e. The number of hydrogen-bond acceptors (Lipinski definition) is 3. The molecule has 1 amide bonds. The average molecular weight is 249 g/mol. The van der Waals surface area contributed by atoms with Crippen molar-refractivity contribution >= 4 is 12.2 Å². The van der Waals surface area contributed by atoms with Gasteiger partial charge in [0.2, 0.25) is 0 Å². The van der Waals surface area contributed by atoms with Crippen molar-refractivity contribution in [2.45, 2.75) is 20.3 Å². The highest BCUT2D eigenvalue weighted by atomic mass is 16.5. The maximum atomic E-state index is 11.7. The number of hydrogen-bond donors (Lipinski definition) is 0. The Morgan fingerprint density at radius 3 is 2.33 bits per heavy atom. The minimum absolute atomic E-state index is 0.0167. The molecule has 4 heteroatoms. The van der Waals surface area contributed by atoms with Gasteiger partial charge in [0.05, 0.1) is 0 Å².